The van der Waals surface area contributed by atoms with Gasteiger partial charge in [-0.05, 0) is 67.6 Å². The number of aromatic nitrogens is 1. The van der Waals surface area contributed by atoms with Crippen LogP contribution >= 0.6 is 11.3 Å². The predicted molar refractivity (Wildman–Crippen MR) is 144 cm³/mol. The zero-order chi connectivity index (χ0) is 25.7. The van der Waals surface area contributed by atoms with Gasteiger partial charge in [0, 0.05) is 22.7 Å². The van der Waals surface area contributed by atoms with E-state index < -0.39 is 11.6 Å². The molecule has 2 aromatic carbocycles. The lowest BCUT2D eigenvalue weighted by atomic mass is 10.1. The summed E-state index contributed by atoms with van der Waals surface area (Å²) >= 11 is 1.46. The van der Waals surface area contributed by atoms with Crippen LogP contribution in [-0.2, 0) is 11.3 Å². The lowest BCUT2D eigenvalue weighted by Crippen LogP contribution is -2.49. The monoisotopic (exact) mass is 501 g/mol. The van der Waals surface area contributed by atoms with E-state index >= 15 is 0 Å². The SMILES string of the molecule is COc1ccc(CN(C(=O)c2ccc(-c3ccccc3)[nH]2)[C@@H](C(=O)NC(C)(C)C)c2cccs2)cc1. The predicted octanol–water partition coefficient (Wildman–Crippen LogP) is 6.05. The number of aromatic amines is 1. The third-order valence-corrected chi connectivity index (χ3v) is 6.57. The number of hydrogen-bond donors (Lipinski definition) is 2. The number of ether oxygens (including phenoxy) is 1. The molecule has 2 aromatic heterocycles. The molecule has 0 aliphatic heterocycles. The Morgan fingerprint density at radius 3 is 2.31 bits per heavy atom. The average Bonchev–Trinajstić information content (AvgIpc) is 3.56. The van der Waals surface area contributed by atoms with Crippen molar-refractivity contribution < 1.29 is 14.3 Å². The lowest BCUT2D eigenvalue weighted by molar-refractivity contribution is -0.127. The summed E-state index contributed by atoms with van der Waals surface area (Å²) in [6.45, 7) is 6.05. The van der Waals surface area contributed by atoms with Gasteiger partial charge in [0.2, 0.25) is 5.91 Å². The number of benzene rings is 2. The molecule has 0 saturated heterocycles. The highest BCUT2D eigenvalue weighted by Crippen LogP contribution is 2.30. The molecule has 0 unspecified atom stereocenters. The summed E-state index contributed by atoms with van der Waals surface area (Å²) in [5.41, 5.74) is 2.69. The third-order valence-electron chi connectivity index (χ3n) is 5.64. The minimum atomic E-state index is -0.790. The first-order valence-corrected chi connectivity index (χ1v) is 12.7. The summed E-state index contributed by atoms with van der Waals surface area (Å²) in [7, 11) is 1.62. The van der Waals surface area contributed by atoms with Crippen LogP contribution in [0.15, 0.2) is 84.2 Å². The number of rotatable bonds is 8. The molecule has 0 aliphatic rings. The van der Waals surface area contributed by atoms with Crippen molar-refractivity contribution in [1.29, 1.82) is 0 Å². The maximum Gasteiger partial charge on any atom is 0.271 e. The van der Waals surface area contributed by atoms with E-state index in [1.807, 2.05) is 98.9 Å². The van der Waals surface area contributed by atoms with Gasteiger partial charge in [0.05, 0.1) is 7.11 Å². The van der Waals surface area contributed by atoms with Gasteiger partial charge in [0.15, 0.2) is 0 Å². The first kappa shape index (κ1) is 25.3. The Balaban J connectivity index is 1.74. The van der Waals surface area contributed by atoms with Crippen LogP contribution in [0.4, 0.5) is 0 Å². The number of nitrogens with zero attached hydrogens (tertiary/aromatic N) is 1. The van der Waals surface area contributed by atoms with Crippen molar-refractivity contribution >= 4 is 23.2 Å². The van der Waals surface area contributed by atoms with Crippen LogP contribution in [0.5, 0.6) is 5.75 Å². The van der Waals surface area contributed by atoms with Gasteiger partial charge < -0.3 is 19.9 Å². The Hall–Kier alpha value is -3.84. The van der Waals surface area contributed by atoms with Crippen molar-refractivity contribution in [2.45, 2.75) is 38.9 Å². The molecule has 7 heteroatoms. The highest BCUT2D eigenvalue weighted by molar-refractivity contribution is 7.10. The Kier molecular flexibility index (Phi) is 7.60. The molecule has 1 atom stereocenters. The number of amides is 2. The van der Waals surface area contributed by atoms with E-state index in [-0.39, 0.29) is 18.4 Å². The standard InChI is InChI=1S/C29H31N3O3S/c1-29(2,3)31-27(33)26(25-11-8-18-36-25)32(19-20-12-14-22(35-4)15-13-20)28(34)24-17-16-23(30-24)21-9-6-5-7-10-21/h5-18,26,30H,19H2,1-4H3,(H,31,33)/t26-/m1/s1. The molecule has 36 heavy (non-hydrogen) atoms. The average molecular weight is 502 g/mol. The van der Waals surface area contributed by atoms with Gasteiger partial charge in [-0.1, -0.05) is 48.5 Å². The fraction of sp³-hybridized carbons (Fsp3) is 0.241. The Bertz CT molecular complexity index is 1290. The molecule has 4 rings (SSSR count). The fourth-order valence-corrected chi connectivity index (χ4v) is 4.81. The number of nitrogens with one attached hydrogen (secondary N) is 2. The van der Waals surface area contributed by atoms with E-state index in [0.29, 0.717) is 5.69 Å². The van der Waals surface area contributed by atoms with E-state index in [0.717, 1.165) is 27.4 Å². The van der Waals surface area contributed by atoms with Crippen LogP contribution in [-0.4, -0.2) is 34.3 Å². The Morgan fingerprint density at radius 1 is 0.972 bits per heavy atom. The summed E-state index contributed by atoms with van der Waals surface area (Å²) in [6, 6.07) is 24.1. The number of carbonyl (C=O) groups is 2. The van der Waals surface area contributed by atoms with E-state index in [9.17, 15) is 9.59 Å². The lowest BCUT2D eigenvalue weighted by Gasteiger charge is -2.33. The zero-order valence-electron chi connectivity index (χ0n) is 20.9. The highest BCUT2D eigenvalue weighted by Gasteiger charge is 2.35. The fourth-order valence-electron chi connectivity index (χ4n) is 3.98. The Morgan fingerprint density at radius 2 is 1.69 bits per heavy atom. The van der Waals surface area contributed by atoms with E-state index in [2.05, 4.69) is 10.3 Å². The van der Waals surface area contributed by atoms with E-state index in [1.54, 1.807) is 18.1 Å². The first-order chi connectivity index (χ1) is 17.2. The smallest absolute Gasteiger partial charge is 0.271 e. The summed E-state index contributed by atoms with van der Waals surface area (Å²) in [4.78, 5) is 33.3. The van der Waals surface area contributed by atoms with Gasteiger partial charge in [0.1, 0.15) is 17.5 Å². The maximum atomic E-state index is 14.0. The van der Waals surface area contributed by atoms with Gasteiger partial charge in [0.25, 0.3) is 5.91 Å². The number of H-pyrrole nitrogens is 1. The normalized spacial score (nSPS) is 12.1. The topological polar surface area (TPSA) is 74.4 Å². The van der Waals surface area contributed by atoms with Crippen molar-refractivity contribution in [2.24, 2.45) is 0 Å². The second-order valence-corrected chi connectivity index (χ2v) is 10.6. The van der Waals surface area contributed by atoms with Crippen molar-refractivity contribution in [3.8, 4) is 17.0 Å². The van der Waals surface area contributed by atoms with Crippen LogP contribution < -0.4 is 10.1 Å². The number of methoxy groups -OCH3 is 1. The van der Waals surface area contributed by atoms with Crippen molar-refractivity contribution in [2.75, 3.05) is 7.11 Å². The molecule has 0 fully saturated rings. The van der Waals surface area contributed by atoms with Gasteiger partial charge in [-0.15, -0.1) is 11.3 Å². The molecular weight excluding hydrogens is 470 g/mol. The molecule has 0 bridgehead atoms. The van der Waals surface area contributed by atoms with Crippen molar-refractivity contribution in [1.82, 2.24) is 15.2 Å². The highest BCUT2D eigenvalue weighted by atomic mass is 32.1. The molecular formula is C29H31N3O3S. The molecule has 2 amide bonds. The van der Waals surface area contributed by atoms with Crippen molar-refractivity contribution in [3.05, 3.63) is 100 Å². The maximum absolute atomic E-state index is 14.0. The molecule has 0 aliphatic carbocycles. The largest absolute Gasteiger partial charge is 0.497 e. The van der Waals surface area contributed by atoms with Crippen molar-refractivity contribution in [3.63, 3.8) is 0 Å². The third kappa shape index (κ3) is 6.04. The quantitative estimate of drug-likeness (QED) is 0.309. The molecule has 2 heterocycles. The number of hydrogen-bond acceptors (Lipinski definition) is 4. The van der Waals surface area contributed by atoms with Gasteiger partial charge >= 0.3 is 0 Å². The van der Waals surface area contributed by atoms with Crippen LogP contribution in [0.1, 0.15) is 47.7 Å². The molecule has 0 saturated carbocycles. The first-order valence-electron chi connectivity index (χ1n) is 11.8. The van der Waals surface area contributed by atoms with Gasteiger partial charge in [-0.2, -0.15) is 0 Å². The van der Waals surface area contributed by atoms with Gasteiger partial charge in [-0.25, -0.2) is 0 Å². The number of thiophene rings is 1. The van der Waals surface area contributed by atoms with Crippen LogP contribution in [0.2, 0.25) is 0 Å². The molecule has 4 aromatic rings. The van der Waals surface area contributed by atoms with Gasteiger partial charge in [-0.3, -0.25) is 9.59 Å². The Labute approximate surface area is 215 Å². The summed E-state index contributed by atoms with van der Waals surface area (Å²) in [5, 5.41) is 4.99. The number of carbonyl (C=O) groups excluding carboxylic acids is 2. The molecule has 186 valence electrons. The minimum absolute atomic E-state index is 0.221. The van der Waals surface area contributed by atoms with Crippen LogP contribution in [0.25, 0.3) is 11.3 Å². The van der Waals surface area contributed by atoms with Crippen LogP contribution in [0.3, 0.4) is 0 Å². The van der Waals surface area contributed by atoms with E-state index in [1.165, 1.54) is 11.3 Å². The molecule has 0 radical (unpaired) electrons. The summed E-state index contributed by atoms with van der Waals surface area (Å²) in [6.07, 6.45) is 0. The van der Waals surface area contributed by atoms with E-state index in [4.69, 9.17) is 4.74 Å². The zero-order valence-corrected chi connectivity index (χ0v) is 21.8. The second kappa shape index (κ2) is 10.8. The molecule has 0 spiro atoms. The van der Waals surface area contributed by atoms with Crippen LogP contribution in [0, 0.1) is 0 Å². The molecule has 6 nitrogen and oxygen atoms in total. The summed E-state index contributed by atoms with van der Waals surface area (Å²) in [5.74, 6) is 0.255. The second-order valence-electron chi connectivity index (χ2n) is 9.59. The summed E-state index contributed by atoms with van der Waals surface area (Å²) < 4.78 is 5.29. The molecule has 2 N–H and O–H groups in total. The minimum Gasteiger partial charge on any atom is -0.497 e.